The molecule has 2 aromatic rings. The van der Waals surface area contributed by atoms with Crippen molar-refractivity contribution >= 4 is 17.4 Å². The summed E-state index contributed by atoms with van der Waals surface area (Å²) in [5.41, 5.74) is 8.24. The van der Waals surface area contributed by atoms with Gasteiger partial charge in [0.1, 0.15) is 12.4 Å². The number of aryl methyl sites for hydroxylation is 1. The second kappa shape index (κ2) is 7.19. The Morgan fingerprint density at radius 2 is 1.86 bits per heavy atom. The summed E-state index contributed by atoms with van der Waals surface area (Å²) < 4.78 is 5.49. The van der Waals surface area contributed by atoms with Crippen molar-refractivity contribution in [2.75, 3.05) is 24.2 Å². The van der Waals surface area contributed by atoms with Gasteiger partial charge in [0.25, 0.3) is 0 Å². The zero-order valence-corrected chi connectivity index (χ0v) is 11.9. The lowest BCUT2D eigenvalue weighted by Gasteiger charge is -2.10. The molecule has 4 N–H and O–H groups in total. The SMILES string of the molecule is Cc1ccc(NC(=O)NCCOc2ccccc2N)cc1. The molecule has 0 aliphatic heterocycles. The topological polar surface area (TPSA) is 76.4 Å². The normalized spacial score (nSPS) is 9.95. The molecule has 0 aliphatic carbocycles. The minimum Gasteiger partial charge on any atom is -0.490 e. The van der Waals surface area contributed by atoms with Gasteiger partial charge in [0.05, 0.1) is 12.2 Å². The van der Waals surface area contributed by atoms with Crippen LogP contribution in [0.1, 0.15) is 5.56 Å². The molecule has 0 spiro atoms. The Bertz CT molecular complexity index is 597. The maximum atomic E-state index is 11.7. The first-order valence-electron chi connectivity index (χ1n) is 6.74. The van der Waals surface area contributed by atoms with Gasteiger partial charge in [0.15, 0.2) is 0 Å². The van der Waals surface area contributed by atoms with E-state index in [4.69, 9.17) is 10.5 Å². The fourth-order valence-corrected chi connectivity index (χ4v) is 1.75. The third-order valence-corrected chi connectivity index (χ3v) is 2.87. The first-order chi connectivity index (χ1) is 10.1. The van der Waals surface area contributed by atoms with Crippen molar-refractivity contribution in [3.63, 3.8) is 0 Å². The number of amides is 2. The quantitative estimate of drug-likeness (QED) is 0.584. The summed E-state index contributed by atoms with van der Waals surface area (Å²) in [7, 11) is 0. The largest absolute Gasteiger partial charge is 0.490 e. The van der Waals surface area contributed by atoms with E-state index < -0.39 is 0 Å². The molecule has 0 atom stereocenters. The first-order valence-corrected chi connectivity index (χ1v) is 6.74. The zero-order valence-electron chi connectivity index (χ0n) is 11.9. The summed E-state index contributed by atoms with van der Waals surface area (Å²) in [6, 6.07) is 14.6. The fraction of sp³-hybridized carbons (Fsp3) is 0.188. The second-order valence-corrected chi connectivity index (χ2v) is 4.63. The number of carbonyl (C=O) groups excluding carboxylic acids is 1. The van der Waals surface area contributed by atoms with Crippen LogP contribution in [0.5, 0.6) is 5.75 Å². The zero-order chi connectivity index (χ0) is 15.1. The summed E-state index contributed by atoms with van der Waals surface area (Å²) in [6.07, 6.45) is 0. The monoisotopic (exact) mass is 285 g/mol. The molecule has 2 aromatic carbocycles. The molecule has 0 aromatic heterocycles. The predicted octanol–water partition coefficient (Wildman–Crippen LogP) is 2.78. The highest BCUT2D eigenvalue weighted by Gasteiger charge is 2.02. The molecule has 110 valence electrons. The van der Waals surface area contributed by atoms with Gasteiger partial charge in [0, 0.05) is 5.69 Å². The number of nitrogen functional groups attached to an aromatic ring is 1. The number of hydrogen-bond acceptors (Lipinski definition) is 3. The van der Waals surface area contributed by atoms with Crippen molar-refractivity contribution in [2.24, 2.45) is 0 Å². The maximum Gasteiger partial charge on any atom is 0.319 e. The van der Waals surface area contributed by atoms with E-state index in [1.54, 1.807) is 12.1 Å². The Morgan fingerprint density at radius 3 is 2.57 bits per heavy atom. The number of benzene rings is 2. The molecule has 0 radical (unpaired) electrons. The van der Waals surface area contributed by atoms with E-state index in [0.717, 1.165) is 11.3 Å². The molecule has 21 heavy (non-hydrogen) atoms. The standard InChI is InChI=1S/C16H19N3O2/c1-12-6-8-13(9-7-12)19-16(20)18-10-11-21-15-5-3-2-4-14(15)17/h2-9H,10-11,17H2,1H3,(H2,18,19,20). The number of carbonyl (C=O) groups is 1. The predicted molar refractivity (Wildman–Crippen MR) is 84.5 cm³/mol. The fourth-order valence-electron chi connectivity index (χ4n) is 1.75. The highest BCUT2D eigenvalue weighted by Crippen LogP contribution is 2.19. The molecule has 0 unspecified atom stereocenters. The minimum atomic E-state index is -0.261. The Hall–Kier alpha value is -2.69. The van der Waals surface area contributed by atoms with E-state index in [2.05, 4.69) is 10.6 Å². The van der Waals surface area contributed by atoms with E-state index in [1.165, 1.54) is 0 Å². The van der Waals surface area contributed by atoms with Gasteiger partial charge in [-0.2, -0.15) is 0 Å². The van der Waals surface area contributed by atoms with Crippen molar-refractivity contribution in [3.8, 4) is 5.75 Å². The number of anilines is 2. The van der Waals surface area contributed by atoms with Gasteiger partial charge >= 0.3 is 6.03 Å². The van der Waals surface area contributed by atoms with Gasteiger partial charge in [-0.05, 0) is 31.2 Å². The van der Waals surface area contributed by atoms with Gasteiger partial charge in [-0.3, -0.25) is 0 Å². The Balaban J connectivity index is 1.70. The Kier molecular flexibility index (Phi) is 5.04. The number of ether oxygens (including phenoxy) is 1. The Morgan fingerprint density at radius 1 is 1.14 bits per heavy atom. The van der Waals surface area contributed by atoms with E-state index in [9.17, 15) is 4.79 Å². The lowest BCUT2D eigenvalue weighted by molar-refractivity contribution is 0.247. The van der Waals surface area contributed by atoms with Crippen LogP contribution in [0, 0.1) is 6.92 Å². The van der Waals surface area contributed by atoms with Crippen LogP contribution in [-0.2, 0) is 0 Å². The Labute approximate surface area is 124 Å². The molecule has 5 nitrogen and oxygen atoms in total. The van der Waals surface area contributed by atoms with Crippen LogP contribution < -0.4 is 21.1 Å². The number of nitrogens with two attached hydrogens (primary N) is 1. The second-order valence-electron chi connectivity index (χ2n) is 4.63. The molecule has 2 rings (SSSR count). The van der Waals surface area contributed by atoms with E-state index >= 15 is 0 Å². The van der Waals surface area contributed by atoms with Crippen molar-refractivity contribution in [1.29, 1.82) is 0 Å². The number of hydrogen-bond donors (Lipinski definition) is 3. The summed E-state index contributed by atoms with van der Waals surface area (Å²) in [5.74, 6) is 0.623. The first kappa shape index (κ1) is 14.7. The number of para-hydroxylation sites is 2. The number of nitrogens with one attached hydrogen (secondary N) is 2. The molecule has 0 aliphatic rings. The smallest absolute Gasteiger partial charge is 0.319 e. The molecule has 0 saturated heterocycles. The number of rotatable bonds is 5. The van der Waals surface area contributed by atoms with Crippen LogP contribution in [0.2, 0.25) is 0 Å². The highest BCUT2D eigenvalue weighted by molar-refractivity contribution is 5.89. The lowest BCUT2D eigenvalue weighted by atomic mass is 10.2. The summed E-state index contributed by atoms with van der Waals surface area (Å²) >= 11 is 0. The van der Waals surface area contributed by atoms with Gasteiger partial charge in [-0.25, -0.2) is 4.79 Å². The molecular formula is C16H19N3O2. The minimum absolute atomic E-state index is 0.261. The van der Waals surface area contributed by atoms with Gasteiger partial charge < -0.3 is 21.1 Å². The van der Waals surface area contributed by atoms with Gasteiger partial charge in [-0.15, -0.1) is 0 Å². The summed E-state index contributed by atoms with van der Waals surface area (Å²) in [6.45, 7) is 2.75. The van der Waals surface area contributed by atoms with Gasteiger partial charge in [0.2, 0.25) is 0 Å². The molecule has 5 heteroatoms. The molecular weight excluding hydrogens is 266 g/mol. The van der Waals surface area contributed by atoms with Crippen molar-refractivity contribution < 1.29 is 9.53 Å². The molecule has 0 heterocycles. The van der Waals surface area contributed by atoms with E-state index in [0.29, 0.717) is 24.6 Å². The average Bonchev–Trinajstić information content (AvgIpc) is 2.48. The average molecular weight is 285 g/mol. The van der Waals surface area contributed by atoms with Gasteiger partial charge in [-0.1, -0.05) is 29.8 Å². The van der Waals surface area contributed by atoms with E-state index in [1.807, 2.05) is 43.3 Å². The summed E-state index contributed by atoms with van der Waals surface area (Å²) in [4.78, 5) is 11.7. The number of urea groups is 1. The van der Waals surface area contributed by atoms with Crippen LogP contribution >= 0.6 is 0 Å². The maximum absolute atomic E-state index is 11.7. The lowest BCUT2D eigenvalue weighted by Crippen LogP contribution is -2.32. The molecule has 0 bridgehead atoms. The van der Waals surface area contributed by atoms with Crippen LogP contribution in [0.25, 0.3) is 0 Å². The van der Waals surface area contributed by atoms with Crippen molar-refractivity contribution in [3.05, 3.63) is 54.1 Å². The summed E-state index contributed by atoms with van der Waals surface area (Å²) in [5, 5.41) is 5.47. The van der Waals surface area contributed by atoms with Crippen molar-refractivity contribution in [1.82, 2.24) is 5.32 Å². The van der Waals surface area contributed by atoms with Crippen LogP contribution in [0.4, 0.5) is 16.2 Å². The molecule has 0 fully saturated rings. The van der Waals surface area contributed by atoms with E-state index in [-0.39, 0.29) is 6.03 Å². The third-order valence-electron chi connectivity index (χ3n) is 2.87. The van der Waals surface area contributed by atoms with Crippen molar-refractivity contribution in [2.45, 2.75) is 6.92 Å². The van der Waals surface area contributed by atoms with Crippen LogP contribution in [0.3, 0.4) is 0 Å². The van der Waals surface area contributed by atoms with Crippen LogP contribution in [-0.4, -0.2) is 19.2 Å². The third kappa shape index (κ3) is 4.72. The molecule has 2 amide bonds. The van der Waals surface area contributed by atoms with Crippen LogP contribution in [0.15, 0.2) is 48.5 Å². The molecule has 0 saturated carbocycles. The highest BCUT2D eigenvalue weighted by atomic mass is 16.5.